The summed E-state index contributed by atoms with van der Waals surface area (Å²) in [4.78, 5) is 0. The summed E-state index contributed by atoms with van der Waals surface area (Å²) < 4.78 is 22.8. The van der Waals surface area contributed by atoms with Gasteiger partial charge in [-0.1, -0.05) is 25.1 Å². The molecule has 0 saturated carbocycles. The Hall–Kier alpha value is -1.39. The van der Waals surface area contributed by atoms with Crippen molar-refractivity contribution in [3.05, 3.63) is 29.8 Å². The van der Waals surface area contributed by atoms with Gasteiger partial charge in [0.15, 0.2) is 0 Å². The van der Waals surface area contributed by atoms with Gasteiger partial charge >= 0.3 is 8.80 Å². The molecule has 1 aromatic rings. The summed E-state index contributed by atoms with van der Waals surface area (Å²) >= 11 is 0. The highest BCUT2D eigenvalue weighted by atomic mass is 28.4. The van der Waals surface area contributed by atoms with E-state index in [4.69, 9.17) is 23.3 Å². The number of benzene rings is 1. The Morgan fingerprint density at radius 2 is 1.59 bits per heavy atom. The first-order valence-electron chi connectivity index (χ1n) is 7.69. The molecule has 0 bridgehead atoms. The smallest absolute Gasteiger partial charge is 0.388 e. The lowest BCUT2D eigenvalue weighted by atomic mass is 10.1. The van der Waals surface area contributed by atoms with Crippen LogP contribution in [0.2, 0.25) is 5.54 Å². The molecule has 0 saturated heterocycles. The highest BCUT2D eigenvalue weighted by Crippen LogP contribution is 2.32. The maximum Gasteiger partial charge on any atom is 0.504 e. The molecule has 22 heavy (non-hydrogen) atoms. The molecule has 5 nitrogen and oxygen atoms in total. The molecule has 0 aliphatic heterocycles. The lowest BCUT2D eigenvalue weighted by Crippen LogP contribution is -2.50. The Morgan fingerprint density at radius 3 is 2.09 bits per heavy atom. The van der Waals surface area contributed by atoms with Crippen molar-refractivity contribution in [2.75, 3.05) is 19.8 Å². The molecule has 1 atom stereocenters. The molecule has 6 heteroatoms. The lowest BCUT2D eigenvalue weighted by molar-refractivity contribution is 0.0624. The molecule has 0 heterocycles. The molecular formula is C16H25NO4Si. The van der Waals surface area contributed by atoms with Gasteiger partial charge in [-0.3, -0.25) is 0 Å². The predicted octanol–water partition coefficient (Wildman–Crippen LogP) is 3.53. The topological polar surface area (TPSA) is 60.7 Å². The molecule has 0 fully saturated rings. The van der Waals surface area contributed by atoms with Gasteiger partial charge < -0.3 is 18.0 Å². The van der Waals surface area contributed by atoms with Crippen LogP contribution in [-0.4, -0.2) is 28.6 Å². The summed E-state index contributed by atoms with van der Waals surface area (Å²) in [7, 11) is -2.77. The minimum absolute atomic E-state index is 0.0655. The van der Waals surface area contributed by atoms with Crippen LogP contribution in [0.15, 0.2) is 24.3 Å². The van der Waals surface area contributed by atoms with Crippen molar-refractivity contribution in [2.45, 2.75) is 39.7 Å². The number of rotatable bonds is 10. The molecule has 122 valence electrons. The van der Waals surface area contributed by atoms with Gasteiger partial charge in [0, 0.05) is 25.4 Å². The Kier molecular flexibility index (Phi) is 8.13. The first-order chi connectivity index (χ1) is 10.6. The van der Waals surface area contributed by atoms with Crippen LogP contribution in [0.4, 0.5) is 0 Å². The van der Waals surface area contributed by atoms with Gasteiger partial charge in [-0.2, -0.15) is 0 Å². The van der Waals surface area contributed by atoms with Crippen LogP contribution in [0.25, 0.3) is 0 Å². The van der Waals surface area contributed by atoms with Crippen LogP contribution in [0.5, 0.6) is 5.75 Å². The van der Waals surface area contributed by atoms with Gasteiger partial charge in [-0.15, -0.1) is 5.26 Å². The van der Waals surface area contributed by atoms with E-state index in [0.717, 1.165) is 5.56 Å². The summed E-state index contributed by atoms with van der Waals surface area (Å²) in [5, 5.41) is 8.75. The normalized spacial score (nSPS) is 12.7. The second kappa shape index (κ2) is 9.59. The second-order valence-electron chi connectivity index (χ2n) is 4.81. The van der Waals surface area contributed by atoms with Crippen molar-refractivity contribution in [3.8, 4) is 12.0 Å². The third kappa shape index (κ3) is 4.82. The van der Waals surface area contributed by atoms with E-state index in [1.165, 1.54) is 0 Å². The fourth-order valence-corrected chi connectivity index (χ4v) is 5.21. The zero-order chi connectivity index (χ0) is 16.4. The van der Waals surface area contributed by atoms with Gasteiger partial charge in [0.1, 0.15) is 5.75 Å². The minimum atomic E-state index is -2.77. The average Bonchev–Trinajstić information content (AvgIpc) is 2.50. The highest BCUT2D eigenvalue weighted by Gasteiger charge is 2.46. The van der Waals surface area contributed by atoms with E-state index in [1.54, 1.807) is 12.3 Å². The van der Waals surface area contributed by atoms with Gasteiger partial charge in [-0.25, -0.2) is 0 Å². The summed E-state index contributed by atoms with van der Waals surface area (Å²) in [6, 6.07) is 7.51. The maximum absolute atomic E-state index is 8.75. The molecule has 0 N–H and O–H groups in total. The van der Waals surface area contributed by atoms with Crippen molar-refractivity contribution < 1.29 is 18.0 Å². The summed E-state index contributed by atoms with van der Waals surface area (Å²) in [6.07, 6.45) is 2.40. The van der Waals surface area contributed by atoms with Gasteiger partial charge in [0.05, 0.1) is 0 Å². The first kappa shape index (κ1) is 18.7. The Labute approximate surface area is 134 Å². The number of ether oxygens (including phenoxy) is 1. The molecule has 1 rings (SSSR count). The van der Waals surface area contributed by atoms with Crippen LogP contribution < -0.4 is 4.74 Å². The van der Waals surface area contributed by atoms with E-state index in [0.29, 0.717) is 32.0 Å². The summed E-state index contributed by atoms with van der Waals surface area (Å²) in [5.41, 5.74) is 1.02. The fourth-order valence-electron chi connectivity index (χ4n) is 2.43. The third-order valence-electron chi connectivity index (χ3n) is 3.29. The van der Waals surface area contributed by atoms with Gasteiger partial charge in [-0.05, 0) is 38.8 Å². The Bertz CT molecular complexity index is 472. The van der Waals surface area contributed by atoms with E-state index in [2.05, 4.69) is 6.92 Å². The summed E-state index contributed by atoms with van der Waals surface area (Å²) in [6.45, 7) is 9.54. The standard InChI is InChI=1S/C16H25NO4Si/c1-5-19-22(20-6-2,21-7-3)14(4)12-15-10-8-9-11-16(15)18-13-17/h8-11,14H,5-7,12H2,1-4H3. The van der Waals surface area contributed by atoms with E-state index < -0.39 is 8.80 Å². The van der Waals surface area contributed by atoms with Gasteiger partial charge in [0.25, 0.3) is 6.26 Å². The number of hydrogen-bond donors (Lipinski definition) is 0. The van der Waals surface area contributed by atoms with Crippen molar-refractivity contribution in [1.29, 1.82) is 5.26 Å². The molecule has 0 spiro atoms. The number of nitriles is 1. The van der Waals surface area contributed by atoms with E-state index in [1.807, 2.05) is 39.0 Å². The van der Waals surface area contributed by atoms with Crippen molar-refractivity contribution in [2.24, 2.45) is 0 Å². The number of hydrogen-bond acceptors (Lipinski definition) is 5. The Balaban J connectivity index is 2.99. The summed E-state index contributed by atoms with van der Waals surface area (Å²) in [5.74, 6) is 0.573. The van der Waals surface area contributed by atoms with Crippen LogP contribution >= 0.6 is 0 Å². The van der Waals surface area contributed by atoms with Crippen molar-refractivity contribution in [1.82, 2.24) is 0 Å². The molecule has 0 aliphatic carbocycles. The van der Waals surface area contributed by atoms with Crippen LogP contribution in [0.3, 0.4) is 0 Å². The lowest BCUT2D eigenvalue weighted by Gasteiger charge is -2.33. The molecular weight excluding hydrogens is 298 g/mol. The molecule has 0 aliphatic rings. The van der Waals surface area contributed by atoms with Gasteiger partial charge in [0.2, 0.25) is 0 Å². The zero-order valence-electron chi connectivity index (χ0n) is 13.8. The van der Waals surface area contributed by atoms with Crippen LogP contribution in [-0.2, 0) is 19.7 Å². The van der Waals surface area contributed by atoms with Crippen molar-refractivity contribution >= 4 is 8.80 Å². The fraction of sp³-hybridized carbons (Fsp3) is 0.562. The molecule has 0 radical (unpaired) electrons. The van der Waals surface area contributed by atoms with E-state index in [-0.39, 0.29) is 5.54 Å². The van der Waals surface area contributed by atoms with Crippen molar-refractivity contribution in [3.63, 3.8) is 0 Å². The molecule has 0 amide bonds. The number of para-hydroxylation sites is 1. The molecule has 0 aromatic heterocycles. The minimum Gasteiger partial charge on any atom is -0.388 e. The zero-order valence-corrected chi connectivity index (χ0v) is 14.8. The first-order valence-corrected chi connectivity index (χ1v) is 9.49. The Morgan fingerprint density at radius 1 is 1.05 bits per heavy atom. The SMILES string of the molecule is CCO[Si](OCC)(OCC)C(C)Cc1ccccc1OC#N. The second-order valence-corrected chi connectivity index (χ2v) is 7.87. The van der Waals surface area contributed by atoms with Crippen LogP contribution in [0, 0.1) is 11.5 Å². The predicted molar refractivity (Wildman–Crippen MR) is 86.4 cm³/mol. The third-order valence-corrected chi connectivity index (χ3v) is 6.78. The number of nitrogens with zero attached hydrogens (tertiary/aromatic N) is 1. The average molecular weight is 323 g/mol. The highest BCUT2D eigenvalue weighted by molar-refractivity contribution is 6.62. The maximum atomic E-state index is 8.75. The largest absolute Gasteiger partial charge is 0.504 e. The molecule has 1 unspecified atom stereocenters. The quantitative estimate of drug-likeness (QED) is 0.487. The van der Waals surface area contributed by atoms with E-state index in [9.17, 15) is 0 Å². The monoisotopic (exact) mass is 323 g/mol. The van der Waals surface area contributed by atoms with E-state index >= 15 is 0 Å². The van der Waals surface area contributed by atoms with Crippen LogP contribution in [0.1, 0.15) is 33.3 Å². The molecule has 1 aromatic carbocycles.